The van der Waals surface area contributed by atoms with Gasteiger partial charge in [0.2, 0.25) is 0 Å². The van der Waals surface area contributed by atoms with E-state index >= 15 is 0 Å². The van der Waals surface area contributed by atoms with E-state index in [1.54, 1.807) is 12.1 Å². The Morgan fingerprint density at radius 1 is 1.44 bits per heavy atom. The molecule has 0 spiro atoms. The second-order valence-electron chi connectivity index (χ2n) is 5.14. The van der Waals surface area contributed by atoms with Crippen LogP contribution in [0.15, 0.2) is 24.5 Å². The third-order valence-corrected chi connectivity index (χ3v) is 4.00. The maximum Gasteiger partial charge on any atom is 0.335 e. The Balaban J connectivity index is 2.07. The van der Waals surface area contributed by atoms with Crippen molar-refractivity contribution in [1.29, 1.82) is 0 Å². The smallest absolute Gasteiger partial charge is 0.335 e. The van der Waals surface area contributed by atoms with Gasteiger partial charge in [0.1, 0.15) is 0 Å². The first-order valence-electron chi connectivity index (χ1n) is 6.36. The highest BCUT2D eigenvalue weighted by Gasteiger charge is 2.26. The van der Waals surface area contributed by atoms with Crippen molar-refractivity contribution >= 4 is 17.0 Å². The van der Waals surface area contributed by atoms with Gasteiger partial charge in [0.05, 0.1) is 22.9 Å². The third kappa shape index (κ3) is 1.68. The number of carboxylic acid groups (broad SMARTS) is 1. The molecular weight excluding hydrogens is 228 g/mol. The van der Waals surface area contributed by atoms with Crippen LogP contribution in [0.5, 0.6) is 0 Å². The second kappa shape index (κ2) is 4.12. The zero-order chi connectivity index (χ0) is 12.7. The van der Waals surface area contributed by atoms with Gasteiger partial charge in [-0.3, -0.25) is 0 Å². The van der Waals surface area contributed by atoms with E-state index in [-0.39, 0.29) is 0 Å². The molecule has 0 aliphatic heterocycles. The van der Waals surface area contributed by atoms with Crippen LogP contribution in [0.3, 0.4) is 0 Å². The molecule has 0 amide bonds. The van der Waals surface area contributed by atoms with Crippen molar-refractivity contribution in [2.24, 2.45) is 5.92 Å². The van der Waals surface area contributed by atoms with Crippen LogP contribution in [-0.2, 0) is 0 Å². The lowest BCUT2D eigenvalue weighted by atomic mass is 10.1. The summed E-state index contributed by atoms with van der Waals surface area (Å²) in [6, 6.07) is 5.68. The standard InChI is InChI=1S/C14H16N2O2/c1-9-3-2-4-12(9)16-8-15-11-7-10(14(17)18)5-6-13(11)16/h5-9,12H,2-4H2,1H3,(H,17,18). The maximum absolute atomic E-state index is 10.9. The van der Waals surface area contributed by atoms with Gasteiger partial charge >= 0.3 is 5.97 Å². The minimum absolute atomic E-state index is 0.298. The SMILES string of the molecule is CC1CCCC1n1cnc2cc(C(=O)O)ccc21. The van der Waals surface area contributed by atoms with Gasteiger partial charge in [0.15, 0.2) is 0 Å². The summed E-state index contributed by atoms with van der Waals surface area (Å²) >= 11 is 0. The predicted octanol–water partition coefficient (Wildman–Crippen LogP) is 3.10. The largest absolute Gasteiger partial charge is 0.478 e. The lowest BCUT2D eigenvalue weighted by Gasteiger charge is -2.17. The van der Waals surface area contributed by atoms with E-state index in [0.717, 1.165) is 11.0 Å². The maximum atomic E-state index is 10.9. The lowest BCUT2D eigenvalue weighted by molar-refractivity contribution is 0.0697. The van der Waals surface area contributed by atoms with E-state index in [1.807, 2.05) is 12.4 Å². The lowest BCUT2D eigenvalue weighted by Crippen LogP contribution is -2.10. The molecule has 2 atom stereocenters. The van der Waals surface area contributed by atoms with Gasteiger partial charge in [-0.2, -0.15) is 0 Å². The number of fused-ring (bicyclic) bond motifs is 1. The highest BCUT2D eigenvalue weighted by Crippen LogP contribution is 2.37. The number of rotatable bonds is 2. The minimum atomic E-state index is -0.902. The van der Waals surface area contributed by atoms with Crippen LogP contribution in [-0.4, -0.2) is 20.6 Å². The summed E-state index contributed by atoms with van der Waals surface area (Å²) in [6.07, 6.45) is 5.56. The fourth-order valence-electron chi connectivity index (χ4n) is 2.97. The van der Waals surface area contributed by atoms with Crippen LogP contribution in [0.25, 0.3) is 11.0 Å². The second-order valence-corrected chi connectivity index (χ2v) is 5.14. The highest BCUT2D eigenvalue weighted by atomic mass is 16.4. The van der Waals surface area contributed by atoms with Gasteiger partial charge in [0, 0.05) is 6.04 Å². The molecule has 1 fully saturated rings. The fourth-order valence-corrected chi connectivity index (χ4v) is 2.97. The van der Waals surface area contributed by atoms with E-state index in [4.69, 9.17) is 5.11 Å². The molecule has 1 heterocycles. The molecule has 1 N–H and O–H groups in total. The molecule has 4 nitrogen and oxygen atoms in total. The highest BCUT2D eigenvalue weighted by molar-refractivity contribution is 5.92. The summed E-state index contributed by atoms with van der Waals surface area (Å²) in [5.74, 6) is -0.234. The molecular formula is C14H16N2O2. The van der Waals surface area contributed by atoms with Gasteiger partial charge in [-0.25, -0.2) is 9.78 Å². The first kappa shape index (κ1) is 11.3. The molecule has 1 aliphatic rings. The zero-order valence-electron chi connectivity index (χ0n) is 10.3. The van der Waals surface area contributed by atoms with E-state index in [9.17, 15) is 4.79 Å². The van der Waals surface area contributed by atoms with E-state index in [1.165, 1.54) is 19.3 Å². The predicted molar refractivity (Wildman–Crippen MR) is 68.7 cm³/mol. The summed E-state index contributed by atoms with van der Waals surface area (Å²) in [4.78, 5) is 15.3. The van der Waals surface area contributed by atoms with Crippen molar-refractivity contribution in [3.63, 3.8) is 0 Å². The Kier molecular flexibility index (Phi) is 2.58. The van der Waals surface area contributed by atoms with Crippen LogP contribution in [0.4, 0.5) is 0 Å². The quantitative estimate of drug-likeness (QED) is 0.883. The van der Waals surface area contributed by atoms with Crippen LogP contribution in [0.1, 0.15) is 42.6 Å². The van der Waals surface area contributed by atoms with Gasteiger partial charge in [0.25, 0.3) is 0 Å². The molecule has 0 saturated heterocycles. The first-order valence-corrected chi connectivity index (χ1v) is 6.36. The van der Waals surface area contributed by atoms with Crippen LogP contribution in [0, 0.1) is 5.92 Å². The number of carboxylic acids is 1. The summed E-state index contributed by atoms with van der Waals surface area (Å²) < 4.78 is 2.21. The van der Waals surface area contributed by atoms with Crippen LogP contribution in [0.2, 0.25) is 0 Å². The molecule has 94 valence electrons. The van der Waals surface area contributed by atoms with Gasteiger partial charge in [-0.15, -0.1) is 0 Å². The molecule has 18 heavy (non-hydrogen) atoms. The minimum Gasteiger partial charge on any atom is -0.478 e. The van der Waals surface area contributed by atoms with Gasteiger partial charge in [-0.05, 0) is 37.0 Å². The monoisotopic (exact) mass is 244 g/mol. The number of hydrogen-bond donors (Lipinski definition) is 1. The average molecular weight is 244 g/mol. The Morgan fingerprint density at radius 3 is 2.94 bits per heavy atom. The summed E-state index contributed by atoms with van der Waals surface area (Å²) in [7, 11) is 0. The molecule has 2 aromatic rings. The average Bonchev–Trinajstić information content (AvgIpc) is 2.93. The number of carbonyl (C=O) groups is 1. The molecule has 1 aliphatic carbocycles. The normalized spacial score (nSPS) is 23.6. The number of aromatic nitrogens is 2. The van der Waals surface area contributed by atoms with Crippen molar-refractivity contribution in [3.8, 4) is 0 Å². The molecule has 3 rings (SSSR count). The van der Waals surface area contributed by atoms with Crippen molar-refractivity contribution in [2.75, 3.05) is 0 Å². The van der Waals surface area contributed by atoms with Crippen molar-refractivity contribution in [2.45, 2.75) is 32.2 Å². The number of aromatic carboxylic acids is 1. The van der Waals surface area contributed by atoms with E-state index in [0.29, 0.717) is 17.5 Å². The van der Waals surface area contributed by atoms with E-state index in [2.05, 4.69) is 16.5 Å². The Bertz CT molecular complexity index is 603. The summed E-state index contributed by atoms with van der Waals surface area (Å²) in [5, 5.41) is 8.97. The van der Waals surface area contributed by atoms with Crippen molar-refractivity contribution < 1.29 is 9.90 Å². The topological polar surface area (TPSA) is 55.1 Å². The third-order valence-electron chi connectivity index (χ3n) is 4.00. The van der Waals surface area contributed by atoms with Gasteiger partial charge < -0.3 is 9.67 Å². The number of nitrogens with zero attached hydrogens (tertiary/aromatic N) is 2. The number of benzene rings is 1. The molecule has 2 unspecified atom stereocenters. The van der Waals surface area contributed by atoms with Crippen LogP contribution < -0.4 is 0 Å². The molecule has 0 radical (unpaired) electrons. The van der Waals surface area contributed by atoms with Gasteiger partial charge in [-0.1, -0.05) is 13.3 Å². The van der Waals surface area contributed by atoms with E-state index < -0.39 is 5.97 Å². The Labute approximate surface area is 105 Å². The first-order chi connectivity index (χ1) is 8.66. The summed E-state index contributed by atoms with van der Waals surface area (Å²) in [5.41, 5.74) is 2.11. The van der Waals surface area contributed by atoms with Crippen molar-refractivity contribution in [1.82, 2.24) is 9.55 Å². The molecule has 1 aromatic heterocycles. The Morgan fingerprint density at radius 2 is 2.28 bits per heavy atom. The van der Waals surface area contributed by atoms with Crippen molar-refractivity contribution in [3.05, 3.63) is 30.1 Å². The fraction of sp³-hybridized carbons (Fsp3) is 0.429. The van der Waals surface area contributed by atoms with Crippen LogP contribution >= 0.6 is 0 Å². The number of hydrogen-bond acceptors (Lipinski definition) is 2. The molecule has 4 heteroatoms. The molecule has 0 bridgehead atoms. The molecule has 1 aromatic carbocycles. The Hall–Kier alpha value is -1.84. The summed E-state index contributed by atoms with van der Waals surface area (Å²) in [6.45, 7) is 2.27. The molecule has 1 saturated carbocycles. The number of imidazole rings is 1. The zero-order valence-corrected chi connectivity index (χ0v) is 10.3.